The first kappa shape index (κ1) is 9.90. The second-order valence-corrected chi connectivity index (χ2v) is 4.32. The molecule has 4 heteroatoms. The number of nitrogens with zero attached hydrogens (tertiary/aromatic N) is 1. The van der Waals surface area contributed by atoms with E-state index in [0.29, 0.717) is 6.10 Å². The van der Waals surface area contributed by atoms with Gasteiger partial charge in [0.1, 0.15) is 11.9 Å². The predicted molar refractivity (Wildman–Crippen MR) is 60.0 cm³/mol. The summed E-state index contributed by atoms with van der Waals surface area (Å²) >= 11 is 0. The molecule has 0 aromatic carbocycles. The molecule has 3 heterocycles. The maximum atomic E-state index is 5.86. The number of rotatable bonds is 2. The fourth-order valence-electron chi connectivity index (χ4n) is 2.20. The first-order chi connectivity index (χ1) is 7.92. The molecule has 0 amide bonds. The van der Waals surface area contributed by atoms with Crippen LogP contribution < -0.4 is 14.8 Å². The van der Waals surface area contributed by atoms with Crippen LogP contribution in [0.3, 0.4) is 0 Å². The van der Waals surface area contributed by atoms with Crippen LogP contribution in [-0.4, -0.2) is 30.8 Å². The molecule has 0 radical (unpaired) electrons. The topological polar surface area (TPSA) is 43.4 Å². The van der Waals surface area contributed by atoms with Crippen LogP contribution in [0.4, 0.5) is 0 Å². The fourth-order valence-corrected chi connectivity index (χ4v) is 2.20. The van der Waals surface area contributed by atoms with Gasteiger partial charge in [-0.3, -0.25) is 0 Å². The van der Waals surface area contributed by atoms with Crippen molar-refractivity contribution in [2.24, 2.45) is 0 Å². The Kier molecular flexibility index (Phi) is 2.66. The van der Waals surface area contributed by atoms with Gasteiger partial charge in [-0.1, -0.05) is 0 Å². The average molecular weight is 220 g/mol. The summed E-state index contributed by atoms with van der Waals surface area (Å²) < 4.78 is 11.3. The van der Waals surface area contributed by atoms with Crippen LogP contribution >= 0.6 is 0 Å². The number of pyridine rings is 1. The van der Waals surface area contributed by atoms with Crippen LogP contribution in [0.5, 0.6) is 11.6 Å². The van der Waals surface area contributed by atoms with Crippen molar-refractivity contribution in [1.82, 2.24) is 10.3 Å². The van der Waals surface area contributed by atoms with Gasteiger partial charge in [-0.25, -0.2) is 4.98 Å². The van der Waals surface area contributed by atoms with Crippen molar-refractivity contribution >= 4 is 0 Å². The fraction of sp³-hybridized carbons (Fsp3) is 0.583. The molecule has 1 N–H and O–H groups in total. The van der Waals surface area contributed by atoms with Crippen molar-refractivity contribution in [3.8, 4) is 11.6 Å². The van der Waals surface area contributed by atoms with Gasteiger partial charge in [-0.05, 0) is 31.9 Å². The third kappa shape index (κ3) is 1.97. The lowest BCUT2D eigenvalue weighted by atomic mass is 10.1. The molecule has 0 saturated carbocycles. The van der Waals surface area contributed by atoms with Crippen LogP contribution in [-0.2, 0) is 6.42 Å². The van der Waals surface area contributed by atoms with E-state index < -0.39 is 0 Å². The second kappa shape index (κ2) is 4.29. The maximum absolute atomic E-state index is 5.86. The van der Waals surface area contributed by atoms with E-state index in [2.05, 4.69) is 16.4 Å². The standard InChI is InChI=1S/C12H16N2O2/c1-2-9-6-11(8-14-12(9)15-5-1)16-10-3-4-13-7-10/h6,8,10,13H,1-5,7H2. The highest BCUT2D eigenvalue weighted by Gasteiger charge is 2.18. The van der Waals surface area contributed by atoms with E-state index >= 15 is 0 Å². The lowest BCUT2D eigenvalue weighted by Gasteiger charge is -2.18. The van der Waals surface area contributed by atoms with Gasteiger partial charge in [-0.2, -0.15) is 0 Å². The van der Waals surface area contributed by atoms with Crippen molar-refractivity contribution in [2.45, 2.75) is 25.4 Å². The van der Waals surface area contributed by atoms with Crippen LogP contribution in [0, 0.1) is 0 Å². The largest absolute Gasteiger partial charge is 0.487 e. The first-order valence-corrected chi connectivity index (χ1v) is 5.91. The van der Waals surface area contributed by atoms with E-state index in [9.17, 15) is 0 Å². The van der Waals surface area contributed by atoms with Gasteiger partial charge >= 0.3 is 0 Å². The Morgan fingerprint density at radius 2 is 2.50 bits per heavy atom. The third-order valence-electron chi connectivity index (χ3n) is 3.05. The average Bonchev–Trinajstić information content (AvgIpc) is 2.82. The summed E-state index contributed by atoms with van der Waals surface area (Å²) in [5.41, 5.74) is 1.18. The summed E-state index contributed by atoms with van der Waals surface area (Å²) in [6, 6.07) is 2.07. The lowest BCUT2D eigenvalue weighted by Crippen LogP contribution is -2.20. The number of hydrogen-bond acceptors (Lipinski definition) is 4. The molecule has 16 heavy (non-hydrogen) atoms. The van der Waals surface area contributed by atoms with Gasteiger partial charge in [0, 0.05) is 12.1 Å². The van der Waals surface area contributed by atoms with Gasteiger partial charge in [0.05, 0.1) is 12.8 Å². The van der Waals surface area contributed by atoms with Crippen LogP contribution in [0.25, 0.3) is 0 Å². The number of hydrogen-bond donors (Lipinski definition) is 1. The molecule has 1 atom stereocenters. The predicted octanol–water partition coefficient (Wildman–Crippen LogP) is 1.15. The zero-order chi connectivity index (χ0) is 10.8. The summed E-state index contributed by atoms with van der Waals surface area (Å²) in [7, 11) is 0. The molecular weight excluding hydrogens is 204 g/mol. The van der Waals surface area contributed by atoms with Crippen molar-refractivity contribution in [1.29, 1.82) is 0 Å². The molecule has 0 aliphatic carbocycles. The van der Waals surface area contributed by atoms with Gasteiger partial charge in [-0.15, -0.1) is 0 Å². The van der Waals surface area contributed by atoms with Crippen molar-refractivity contribution in [2.75, 3.05) is 19.7 Å². The second-order valence-electron chi connectivity index (χ2n) is 4.32. The minimum absolute atomic E-state index is 0.296. The molecule has 4 nitrogen and oxygen atoms in total. The SMILES string of the molecule is c1nc2c(cc1OC1CCNC1)CCCO2. The molecule has 2 aliphatic rings. The molecule has 1 fully saturated rings. The molecule has 1 unspecified atom stereocenters. The zero-order valence-corrected chi connectivity index (χ0v) is 9.24. The van der Waals surface area contributed by atoms with Gasteiger partial charge in [0.25, 0.3) is 0 Å². The summed E-state index contributed by atoms with van der Waals surface area (Å²) in [6.45, 7) is 2.77. The Hall–Kier alpha value is -1.29. The zero-order valence-electron chi connectivity index (χ0n) is 9.24. The highest BCUT2D eigenvalue weighted by Crippen LogP contribution is 2.26. The Morgan fingerprint density at radius 3 is 3.38 bits per heavy atom. The van der Waals surface area contributed by atoms with E-state index in [1.54, 1.807) is 6.20 Å². The van der Waals surface area contributed by atoms with E-state index in [-0.39, 0.29) is 0 Å². The molecular formula is C12H16N2O2. The highest BCUT2D eigenvalue weighted by atomic mass is 16.5. The molecule has 1 saturated heterocycles. The monoisotopic (exact) mass is 220 g/mol. The molecule has 86 valence electrons. The van der Waals surface area contributed by atoms with Crippen LogP contribution in [0.15, 0.2) is 12.3 Å². The first-order valence-electron chi connectivity index (χ1n) is 5.91. The molecule has 3 rings (SSSR count). The molecule has 0 bridgehead atoms. The molecule has 0 spiro atoms. The van der Waals surface area contributed by atoms with E-state index in [1.807, 2.05) is 0 Å². The normalized spacial score (nSPS) is 23.6. The Morgan fingerprint density at radius 1 is 1.50 bits per heavy atom. The number of fused-ring (bicyclic) bond motifs is 1. The van der Waals surface area contributed by atoms with Gasteiger partial charge in [0.2, 0.25) is 5.88 Å². The Labute approximate surface area is 95.0 Å². The third-order valence-corrected chi connectivity index (χ3v) is 3.05. The number of ether oxygens (including phenoxy) is 2. The summed E-state index contributed by atoms with van der Waals surface area (Å²) in [4.78, 5) is 4.29. The lowest BCUT2D eigenvalue weighted by molar-refractivity contribution is 0.219. The number of aryl methyl sites for hydroxylation is 1. The minimum atomic E-state index is 0.296. The Balaban J connectivity index is 1.74. The summed E-state index contributed by atoms with van der Waals surface area (Å²) in [6.07, 6.45) is 5.26. The van der Waals surface area contributed by atoms with Crippen LogP contribution in [0.2, 0.25) is 0 Å². The number of aromatic nitrogens is 1. The van der Waals surface area contributed by atoms with E-state index in [0.717, 1.165) is 50.6 Å². The van der Waals surface area contributed by atoms with E-state index in [1.165, 1.54) is 5.56 Å². The smallest absolute Gasteiger partial charge is 0.216 e. The summed E-state index contributed by atoms with van der Waals surface area (Å²) in [5, 5.41) is 3.28. The van der Waals surface area contributed by atoms with Crippen molar-refractivity contribution < 1.29 is 9.47 Å². The van der Waals surface area contributed by atoms with Crippen molar-refractivity contribution in [3.63, 3.8) is 0 Å². The highest BCUT2D eigenvalue weighted by molar-refractivity contribution is 5.34. The number of nitrogens with one attached hydrogen (secondary N) is 1. The Bertz CT molecular complexity index is 375. The molecule has 1 aromatic rings. The maximum Gasteiger partial charge on any atom is 0.216 e. The summed E-state index contributed by atoms with van der Waals surface area (Å²) in [5.74, 6) is 1.65. The quantitative estimate of drug-likeness (QED) is 0.812. The molecule has 2 aliphatic heterocycles. The molecule has 1 aromatic heterocycles. The van der Waals surface area contributed by atoms with Gasteiger partial charge < -0.3 is 14.8 Å². The van der Waals surface area contributed by atoms with Crippen LogP contribution in [0.1, 0.15) is 18.4 Å². The van der Waals surface area contributed by atoms with Crippen molar-refractivity contribution in [3.05, 3.63) is 17.8 Å². The minimum Gasteiger partial charge on any atom is -0.487 e. The van der Waals surface area contributed by atoms with Gasteiger partial charge in [0.15, 0.2) is 0 Å². The van der Waals surface area contributed by atoms with E-state index in [4.69, 9.17) is 9.47 Å².